The van der Waals surface area contributed by atoms with E-state index in [1.165, 1.54) is 13.8 Å². The summed E-state index contributed by atoms with van der Waals surface area (Å²) in [5, 5.41) is 20.2. The zero-order chi connectivity index (χ0) is 15.8. The number of hydrogen-bond acceptors (Lipinski definition) is 5. The first kappa shape index (κ1) is 15.5. The minimum absolute atomic E-state index is 0.0157. The van der Waals surface area contributed by atoms with Crippen molar-refractivity contribution in [3.05, 3.63) is 22.7 Å². The largest absolute Gasteiger partial charge is 0.512 e. The topological polar surface area (TPSA) is 91.7 Å². The maximum absolute atomic E-state index is 12.3. The summed E-state index contributed by atoms with van der Waals surface area (Å²) < 4.78 is 0. The van der Waals surface area contributed by atoms with E-state index in [0.717, 1.165) is 0 Å². The van der Waals surface area contributed by atoms with Crippen molar-refractivity contribution in [2.75, 3.05) is 0 Å². The van der Waals surface area contributed by atoms with Crippen LogP contribution in [0.25, 0.3) is 0 Å². The summed E-state index contributed by atoms with van der Waals surface area (Å²) in [5.41, 5.74) is -1.58. The van der Waals surface area contributed by atoms with Crippen LogP contribution in [0.15, 0.2) is 22.7 Å². The molecular weight excluding hydrogens is 272 g/mol. The molecule has 0 aromatic rings. The summed E-state index contributed by atoms with van der Waals surface area (Å²) >= 11 is 0. The zero-order valence-electron chi connectivity index (χ0n) is 12.4. The third-order valence-electron chi connectivity index (χ3n) is 4.47. The van der Waals surface area contributed by atoms with Crippen LogP contribution in [0, 0.1) is 5.41 Å². The van der Waals surface area contributed by atoms with Crippen LogP contribution < -0.4 is 0 Å². The van der Waals surface area contributed by atoms with Gasteiger partial charge in [0.25, 0.3) is 0 Å². The van der Waals surface area contributed by atoms with Gasteiger partial charge in [0.1, 0.15) is 17.3 Å². The Morgan fingerprint density at radius 2 is 1.29 bits per heavy atom. The molecule has 114 valence electrons. The van der Waals surface area contributed by atoms with Gasteiger partial charge in [-0.15, -0.1) is 0 Å². The molecule has 0 aromatic heterocycles. The Morgan fingerprint density at radius 3 is 1.57 bits per heavy atom. The van der Waals surface area contributed by atoms with E-state index in [1.807, 2.05) is 0 Å². The molecule has 0 saturated carbocycles. The number of carbonyl (C=O) groups excluding carboxylic acids is 3. The summed E-state index contributed by atoms with van der Waals surface area (Å²) in [7, 11) is 0. The second kappa shape index (κ2) is 5.47. The molecule has 2 N–H and O–H groups in total. The Kier molecular flexibility index (Phi) is 4.03. The molecule has 0 spiro atoms. The van der Waals surface area contributed by atoms with Crippen LogP contribution in [-0.4, -0.2) is 27.6 Å². The number of aliphatic hydroxyl groups is 2. The van der Waals surface area contributed by atoms with Crippen molar-refractivity contribution in [2.24, 2.45) is 5.41 Å². The van der Waals surface area contributed by atoms with Crippen molar-refractivity contribution in [1.29, 1.82) is 0 Å². The van der Waals surface area contributed by atoms with Gasteiger partial charge in [0.2, 0.25) is 0 Å². The van der Waals surface area contributed by atoms with Crippen LogP contribution in [-0.2, 0) is 14.4 Å². The molecule has 5 nitrogen and oxygen atoms in total. The first-order valence-electron chi connectivity index (χ1n) is 7.22. The third-order valence-corrected chi connectivity index (χ3v) is 4.47. The molecule has 0 heterocycles. The lowest BCUT2D eigenvalue weighted by Crippen LogP contribution is -2.40. The second-order valence-corrected chi connectivity index (χ2v) is 5.88. The van der Waals surface area contributed by atoms with E-state index in [2.05, 4.69) is 0 Å². The van der Waals surface area contributed by atoms with Crippen LogP contribution in [0.5, 0.6) is 0 Å². The summed E-state index contributed by atoms with van der Waals surface area (Å²) in [4.78, 5) is 36.7. The number of ketones is 3. The van der Waals surface area contributed by atoms with Gasteiger partial charge in [0.05, 0.1) is 16.6 Å². The van der Waals surface area contributed by atoms with Crippen molar-refractivity contribution in [3.63, 3.8) is 0 Å². The Bertz CT molecular complexity index is 537. The molecule has 2 rings (SSSR count). The minimum atomic E-state index is -1.55. The van der Waals surface area contributed by atoms with E-state index >= 15 is 0 Å². The van der Waals surface area contributed by atoms with Gasteiger partial charge in [-0.2, -0.15) is 0 Å². The van der Waals surface area contributed by atoms with Gasteiger partial charge >= 0.3 is 0 Å². The van der Waals surface area contributed by atoms with Gasteiger partial charge in [-0.3, -0.25) is 14.4 Å². The predicted molar refractivity (Wildman–Crippen MR) is 75.8 cm³/mol. The highest BCUT2D eigenvalue weighted by Gasteiger charge is 2.48. The van der Waals surface area contributed by atoms with Crippen LogP contribution in [0.1, 0.15) is 52.4 Å². The highest BCUT2D eigenvalue weighted by atomic mass is 16.3. The molecule has 2 aliphatic rings. The van der Waals surface area contributed by atoms with Crippen molar-refractivity contribution in [1.82, 2.24) is 0 Å². The number of rotatable bonds is 3. The fraction of sp³-hybridized carbons (Fsp3) is 0.562. The SMILES string of the molecule is CC(=O)C(C)(C1=C(O)CCCC1=O)C1=C(O)CCCC1=O. The number of Topliss-reactive ketones (excluding diaryl/α,β-unsaturated/α-hetero) is 3. The molecule has 2 aliphatic carbocycles. The number of carbonyl (C=O) groups is 3. The molecule has 0 aromatic carbocycles. The van der Waals surface area contributed by atoms with E-state index in [4.69, 9.17) is 0 Å². The standard InChI is InChI=1S/C16H20O5/c1-9(17)16(2,14-10(18)5-3-6-11(14)19)15-12(20)7-4-8-13(15)21/h18,20H,3-8H2,1-2H3. The van der Waals surface area contributed by atoms with Gasteiger partial charge in [0, 0.05) is 25.7 Å². The average Bonchev–Trinajstić information content (AvgIpc) is 2.37. The first-order valence-corrected chi connectivity index (χ1v) is 7.22. The molecule has 0 fully saturated rings. The molecule has 0 unspecified atom stereocenters. The summed E-state index contributed by atoms with van der Waals surface area (Å²) in [6.45, 7) is 2.74. The molecule has 0 bridgehead atoms. The van der Waals surface area contributed by atoms with Crippen LogP contribution in [0.4, 0.5) is 0 Å². The van der Waals surface area contributed by atoms with Crippen LogP contribution in [0.2, 0.25) is 0 Å². The predicted octanol–water partition coefficient (Wildman–Crippen LogP) is 2.71. The van der Waals surface area contributed by atoms with Gasteiger partial charge in [0.15, 0.2) is 11.6 Å². The second-order valence-electron chi connectivity index (χ2n) is 5.88. The molecule has 0 atom stereocenters. The van der Waals surface area contributed by atoms with Crippen LogP contribution in [0.3, 0.4) is 0 Å². The van der Waals surface area contributed by atoms with Crippen molar-refractivity contribution < 1.29 is 24.6 Å². The van der Waals surface area contributed by atoms with Gasteiger partial charge in [-0.05, 0) is 26.7 Å². The van der Waals surface area contributed by atoms with Crippen molar-refractivity contribution >= 4 is 17.3 Å². The lowest BCUT2D eigenvalue weighted by atomic mass is 9.65. The van der Waals surface area contributed by atoms with E-state index < -0.39 is 11.2 Å². The van der Waals surface area contributed by atoms with E-state index in [9.17, 15) is 24.6 Å². The van der Waals surface area contributed by atoms with Gasteiger partial charge < -0.3 is 10.2 Å². The highest BCUT2D eigenvalue weighted by Crippen LogP contribution is 2.45. The Labute approximate surface area is 123 Å². The van der Waals surface area contributed by atoms with Crippen molar-refractivity contribution in [3.8, 4) is 0 Å². The smallest absolute Gasteiger partial charge is 0.163 e. The first-order chi connectivity index (χ1) is 9.80. The summed E-state index contributed by atoms with van der Waals surface area (Å²) in [6, 6.07) is 0. The zero-order valence-corrected chi connectivity index (χ0v) is 12.4. The molecular formula is C16H20O5. The normalized spacial score (nSPS) is 21.0. The Hall–Kier alpha value is -1.91. The summed E-state index contributed by atoms with van der Waals surface area (Å²) in [6.07, 6.45) is 2.16. The monoisotopic (exact) mass is 292 g/mol. The fourth-order valence-electron chi connectivity index (χ4n) is 3.27. The number of allylic oxidation sites excluding steroid dienone is 4. The van der Waals surface area contributed by atoms with Gasteiger partial charge in [-0.1, -0.05) is 0 Å². The van der Waals surface area contributed by atoms with E-state index in [1.54, 1.807) is 0 Å². The molecule has 0 amide bonds. The summed E-state index contributed by atoms with van der Waals surface area (Å²) in [5.74, 6) is -1.34. The molecule has 0 radical (unpaired) electrons. The van der Waals surface area contributed by atoms with E-state index in [-0.39, 0.29) is 47.1 Å². The maximum atomic E-state index is 12.3. The lowest BCUT2D eigenvalue weighted by molar-refractivity contribution is -0.128. The van der Waals surface area contributed by atoms with Crippen LogP contribution >= 0.6 is 0 Å². The minimum Gasteiger partial charge on any atom is -0.512 e. The molecule has 0 saturated heterocycles. The number of hydrogen-bond donors (Lipinski definition) is 2. The highest BCUT2D eigenvalue weighted by molar-refractivity contribution is 6.12. The van der Waals surface area contributed by atoms with Gasteiger partial charge in [-0.25, -0.2) is 0 Å². The Balaban J connectivity index is 2.70. The fourth-order valence-corrected chi connectivity index (χ4v) is 3.27. The third kappa shape index (κ3) is 2.41. The van der Waals surface area contributed by atoms with E-state index in [0.29, 0.717) is 25.7 Å². The average molecular weight is 292 g/mol. The Morgan fingerprint density at radius 1 is 0.905 bits per heavy atom. The van der Waals surface area contributed by atoms with Crippen molar-refractivity contribution in [2.45, 2.75) is 52.4 Å². The lowest BCUT2D eigenvalue weighted by Gasteiger charge is -2.35. The molecule has 0 aliphatic heterocycles. The molecule has 5 heteroatoms. The number of aliphatic hydroxyl groups excluding tert-OH is 2. The maximum Gasteiger partial charge on any atom is 0.163 e. The quantitative estimate of drug-likeness (QED) is 0.834. The molecule has 21 heavy (non-hydrogen) atoms.